The smallest absolute Gasteiger partial charge is 0.381 e. The molecule has 0 aliphatic carbocycles. The molecule has 0 aromatic carbocycles. The van der Waals surface area contributed by atoms with Crippen LogP contribution in [0.25, 0.3) is 0 Å². The van der Waals surface area contributed by atoms with E-state index in [1.165, 1.54) is 12.3 Å². The summed E-state index contributed by atoms with van der Waals surface area (Å²) < 4.78 is 42.9. The first-order valence-electron chi connectivity index (χ1n) is 7.31. The first-order chi connectivity index (χ1) is 9.99. The predicted octanol–water partition coefficient (Wildman–Crippen LogP) is 3.35. The predicted molar refractivity (Wildman–Crippen MR) is 73.7 cm³/mol. The van der Waals surface area contributed by atoms with Crippen molar-refractivity contribution in [3.05, 3.63) is 29.6 Å². The Bertz CT molecular complexity index is 434. The number of aromatic nitrogens is 1. The van der Waals surface area contributed by atoms with Crippen molar-refractivity contribution in [3.63, 3.8) is 0 Å². The molecule has 0 saturated carbocycles. The van der Waals surface area contributed by atoms with Crippen LogP contribution in [-0.2, 0) is 17.5 Å². The third-order valence-electron chi connectivity index (χ3n) is 3.59. The highest BCUT2D eigenvalue weighted by atomic mass is 19.4. The van der Waals surface area contributed by atoms with Gasteiger partial charge in [0, 0.05) is 25.9 Å². The summed E-state index contributed by atoms with van der Waals surface area (Å²) in [5.41, 5.74) is -0.0170. The molecule has 3 nitrogen and oxygen atoms in total. The molecule has 0 bridgehead atoms. The van der Waals surface area contributed by atoms with Crippen LogP contribution in [0.5, 0.6) is 0 Å². The van der Waals surface area contributed by atoms with Crippen molar-refractivity contribution in [1.29, 1.82) is 0 Å². The maximum Gasteiger partial charge on any atom is 0.433 e. The highest BCUT2D eigenvalue weighted by Gasteiger charge is 2.32. The molecule has 0 radical (unpaired) electrons. The van der Waals surface area contributed by atoms with E-state index >= 15 is 0 Å². The van der Waals surface area contributed by atoms with Gasteiger partial charge in [-0.1, -0.05) is 13.0 Å². The van der Waals surface area contributed by atoms with E-state index in [1.54, 1.807) is 0 Å². The van der Waals surface area contributed by atoms with Crippen LogP contribution in [-0.4, -0.2) is 36.2 Å². The Morgan fingerprint density at radius 2 is 2.19 bits per heavy atom. The second-order valence-electron chi connectivity index (χ2n) is 5.51. The minimum absolute atomic E-state index is 0.527. The van der Waals surface area contributed by atoms with E-state index in [0.29, 0.717) is 12.5 Å². The molecule has 1 aromatic heterocycles. The molecule has 1 aliphatic heterocycles. The third kappa shape index (κ3) is 4.97. The Balaban J connectivity index is 1.80. The number of rotatable bonds is 6. The Hall–Kier alpha value is -1.14. The second kappa shape index (κ2) is 7.22. The second-order valence-corrected chi connectivity index (χ2v) is 5.51. The van der Waals surface area contributed by atoms with Crippen LogP contribution in [0.15, 0.2) is 18.3 Å². The average molecular weight is 302 g/mol. The van der Waals surface area contributed by atoms with Gasteiger partial charge in [0.1, 0.15) is 5.69 Å². The first kappa shape index (κ1) is 16.2. The van der Waals surface area contributed by atoms with E-state index in [9.17, 15) is 13.2 Å². The van der Waals surface area contributed by atoms with Crippen molar-refractivity contribution in [1.82, 2.24) is 9.88 Å². The van der Waals surface area contributed by atoms with Crippen LogP contribution < -0.4 is 0 Å². The van der Waals surface area contributed by atoms with Crippen LogP contribution in [0, 0.1) is 5.92 Å². The van der Waals surface area contributed by atoms with Crippen molar-refractivity contribution < 1.29 is 17.9 Å². The number of alkyl halides is 3. The summed E-state index contributed by atoms with van der Waals surface area (Å²) in [6, 6.07) is 2.56. The number of nitrogens with zero attached hydrogens (tertiary/aromatic N) is 2. The molecular weight excluding hydrogens is 281 g/mol. The SMILES string of the molecule is CCCOC[C@@H]1CCN(Cc2ccc(C(F)(F)F)nc2)C1. The summed E-state index contributed by atoms with van der Waals surface area (Å²) in [7, 11) is 0. The molecule has 0 amide bonds. The van der Waals surface area contributed by atoms with E-state index in [-0.39, 0.29) is 0 Å². The quantitative estimate of drug-likeness (QED) is 0.754. The molecule has 0 spiro atoms. The maximum absolute atomic E-state index is 12.4. The van der Waals surface area contributed by atoms with Crippen molar-refractivity contribution in [2.75, 3.05) is 26.3 Å². The van der Waals surface area contributed by atoms with Gasteiger partial charge in [-0.05, 0) is 36.9 Å². The Labute approximate surface area is 123 Å². The minimum Gasteiger partial charge on any atom is -0.381 e. The Morgan fingerprint density at radius 3 is 2.81 bits per heavy atom. The highest BCUT2D eigenvalue weighted by molar-refractivity contribution is 5.16. The molecule has 0 N–H and O–H groups in total. The van der Waals surface area contributed by atoms with E-state index < -0.39 is 11.9 Å². The number of hydrogen-bond acceptors (Lipinski definition) is 3. The van der Waals surface area contributed by atoms with Gasteiger partial charge in [0.15, 0.2) is 0 Å². The van der Waals surface area contributed by atoms with Gasteiger partial charge in [-0.2, -0.15) is 13.2 Å². The molecular formula is C15H21F3N2O. The molecule has 1 aromatic rings. The van der Waals surface area contributed by atoms with Gasteiger partial charge in [0.2, 0.25) is 0 Å². The third-order valence-corrected chi connectivity index (χ3v) is 3.59. The summed E-state index contributed by atoms with van der Waals surface area (Å²) in [5, 5.41) is 0. The van der Waals surface area contributed by atoms with Gasteiger partial charge in [-0.15, -0.1) is 0 Å². The van der Waals surface area contributed by atoms with Crippen LogP contribution in [0.3, 0.4) is 0 Å². The van der Waals surface area contributed by atoms with Crippen LogP contribution in [0.2, 0.25) is 0 Å². The number of likely N-dealkylation sites (tertiary alicyclic amines) is 1. The summed E-state index contributed by atoms with van der Waals surface area (Å²) in [5.74, 6) is 0.527. The van der Waals surface area contributed by atoms with Gasteiger partial charge in [0.25, 0.3) is 0 Å². The van der Waals surface area contributed by atoms with Crippen molar-refractivity contribution in [2.45, 2.75) is 32.5 Å². The standard InChI is InChI=1S/C15H21F3N2O/c1-2-7-21-11-13-5-6-20(10-13)9-12-3-4-14(19-8-12)15(16,17)18/h3-4,8,13H,2,5-7,9-11H2,1H3/t13-/m1/s1. The van der Waals surface area contributed by atoms with Crippen LogP contribution >= 0.6 is 0 Å². The maximum atomic E-state index is 12.4. The molecule has 2 heterocycles. The first-order valence-corrected chi connectivity index (χ1v) is 7.31. The monoisotopic (exact) mass is 302 g/mol. The molecule has 1 aliphatic rings. The van der Waals surface area contributed by atoms with E-state index in [0.717, 1.165) is 50.8 Å². The van der Waals surface area contributed by atoms with Crippen LogP contribution in [0.4, 0.5) is 13.2 Å². The molecule has 118 valence electrons. The van der Waals surface area contributed by atoms with Crippen molar-refractivity contribution >= 4 is 0 Å². The molecule has 0 unspecified atom stereocenters. The number of ether oxygens (including phenoxy) is 1. The lowest BCUT2D eigenvalue weighted by Gasteiger charge is -2.16. The van der Waals surface area contributed by atoms with Gasteiger partial charge < -0.3 is 4.74 Å². The number of hydrogen-bond donors (Lipinski definition) is 0. The largest absolute Gasteiger partial charge is 0.433 e. The van der Waals surface area contributed by atoms with Crippen LogP contribution in [0.1, 0.15) is 31.0 Å². The fourth-order valence-corrected chi connectivity index (χ4v) is 2.53. The number of halogens is 3. The minimum atomic E-state index is -4.37. The van der Waals surface area contributed by atoms with Gasteiger partial charge >= 0.3 is 6.18 Å². The molecule has 1 atom stereocenters. The van der Waals surface area contributed by atoms with Gasteiger partial charge in [0.05, 0.1) is 6.61 Å². The van der Waals surface area contributed by atoms with E-state index in [4.69, 9.17) is 4.74 Å². The fourth-order valence-electron chi connectivity index (χ4n) is 2.53. The van der Waals surface area contributed by atoms with E-state index in [2.05, 4.69) is 16.8 Å². The molecule has 1 fully saturated rings. The zero-order valence-electron chi connectivity index (χ0n) is 12.2. The molecule has 2 rings (SSSR count). The summed E-state index contributed by atoms with van der Waals surface area (Å²) in [6.45, 7) is 6.19. The summed E-state index contributed by atoms with van der Waals surface area (Å²) >= 11 is 0. The number of pyridine rings is 1. The Morgan fingerprint density at radius 1 is 1.38 bits per heavy atom. The lowest BCUT2D eigenvalue weighted by Crippen LogP contribution is -2.22. The molecule has 6 heteroatoms. The zero-order valence-corrected chi connectivity index (χ0v) is 12.2. The Kier molecular flexibility index (Phi) is 5.58. The zero-order chi connectivity index (χ0) is 15.3. The molecule has 1 saturated heterocycles. The highest BCUT2D eigenvalue weighted by Crippen LogP contribution is 2.27. The van der Waals surface area contributed by atoms with Gasteiger partial charge in [-0.3, -0.25) is 9.88 Å². The summed E-state index contributed by atoms with van der Waals surface area (Å²) in [6.07, 6.45) is -0.941. The fraction of sp³-hybridized carbons (Fsp3) is 0.667. The molecule has 21 heavy (non-hydrogen) atoms. The van der Waals surface area contributed by atoms with E-state index in [1.807, 2.05) is 0 Å². The van der Waals surface area contributed by atoms with Gasteiger partial charge in [-0.25, -0.2) is 0 Å². The lowest BCUT2D eigenvalue weighted by molar-refractivity contribution is -0.141. The topological polar surface area (TPSA) is 25.4 Å². The van der Waals surface area contributed by atoms with Crippen molar-refractivity contribution in [2.24, 2.45) is 5.92 Å². The lowest BCUT2D eigenvalue weighted by atomic mass is 10.1. The summed E-state index contributed by atoms with van der Waals surface area (Å²) in [4.78, 5) is 5.74. The normalized spacial score (nSPS) is 20.1. The average Bonchev–Trinajstić information content (AvgIpc) is 2.86. The van der Waals surface area contributed by atoms with Crippen molar-refractivity contribution in [3.8, 4) is 0 Å².